The third-order valence-electron chi connectivity index (χ3n) is 8.25. The molecule has 3 aromatic carbocycles. The van der Waals surface area contributed by atoms with Crippen LogP contribution in [-0.4, -0.2) is 69.4 Å². The fraction of sp³-hybridized carbons (Fsp3) is 0.294. The predicted molar refractivity (Wildman–Crippen MR) is 177 cm³/mol. The fourth-order valence-corrected chi connectivity index (χ4v) is 6.26. The van der Waals surface area contributed by atoms with Gasteiger partial charge in [-0.3, -0.25) is 4.57 Å². The number of hydrogen-bond donors (Lipinski definition) is 2. The summed E-state index contributed by atoms with van der Waals surface area (Å²) in [5, 5.41) is 14.3. The molecule has 0 saturated carbocycles. The van der Waals surface area contributed by atoms with Gasteiger partial charge in [-0.1, -0.05) is 72.8 Å². The summed E-state index contributed by atoms with van der Waals surface area (Å²) < 4.78 is 66.5. The van der Waals surface area contributed by atoms with E-state index in [1.54, 1.807) is 14.0 Å². The van der Waals surface area contributed by atoms with Gasteiger partial charge in [0.15, 0.2) is 24.4 Å². The summed E-state index contributed by atoms with van der Waals surface area (Å²) in [5.41, 5.74) is 1.36. The molecule has 0 aliphatic carbocycles. The first-order chi connectivity index (χ1) is 23.6. The molecule has 6 rings (SSSR count). The zero-order valence-electron chi connectivity index (χ0n) is 26.7. The molecule has 15 heteroatoms. The summed E-state index contributed by atoms with van der Waals surface area (Å²) in [6, 6.07) is 26.8. The van der Waals surface area contributed by atoms with Gasteiger partial charge in [0.2, 0.25) is 17.9 Å². The van der Waals surface area contributed by atoms with E-state index in [2.05, 4.69) is 20.1 Å². The van der Waals surface area contributed by atoms with Crippen LogP contribution in [-0.2, 0) is 19.4 Å². The second-order valence-corrected chi connectivity index (χ2v) is 12.3. The molecule has 2 N–H and O–H groups in total. The number of rotatable bonds is 12. The molecule has 0 radical (unpaired) electrons. The highest BCUT2D eigenvalue weighted by Gasteiger charge is 2.76. The Morgan fingerprint density at radius 2 is 1.65 bits per heavy atom. The number of ether oxygens (including phenoxy) is 3. The van der Waals surface area contributed by atoms with Gasteiger partial charge in [-0.15, -0.1) is 8.91 Å². The van der Waals surface area contributed by atoms with Crippen LogP contribution in [0.4, 0.5) is 14.7 Å². The van der Waals surface area contributed by atoms with E-state index in [0.29, 0.717) is 5.75 Å². The van der Waals surface area contributed by atoms with Crippen molar-refractivity contribution in [3.8, 4) is 18.2 Å². The number of aliphatic hydroxyl groups is 1. The summed E-state index contributed by atoms with van der Waals surface area (Å²) in [6.45, 7) is 7.46. The van der Waals surface area contributed by atoms with Crippen molar-refractivity contribution in [2.75, 3.05) is 32.3 Å². The number of alkyl halides is 2. The lowest BCUT2D eigenvalue weighted by atomic mass is 9.77. The lowest BCUT2D eigenvalue weighted by Crippen LogP contribution is -2.46. The first-order valence-electron chi connectivity index (χ1n) is 15.2. The van der Waals surface area contributed by atoms with Gasteiger partial charge in [0, 0.05) is 0 Å². The van der Waals surface area contributed by atoms with E-state index in [-0.39, 0.29) is 29.6 Å². The van der Waals surface area contributed by atoms with Crippen LogP contribution in [0.2, 0.25) is 0 Å². The number of anilines is 1. The van der Waals surface area contributed by atoms with E-state index < -0.39 is 44.2 Å². The normalized spacial score (nSPS) is 22.4. The zero-order valence-corrected chi connectivity index (χ0v) is 27.6. The monoisotopic (exact) mass is 690 g/mol. The number of methoxy groups -OCH3 is 1. The smallest absolute Gasteiger partial charge is 0.497 e. The molecule has 0 spiro atoms. The van der Waals surface area contributed by atoms with Gasteiger partial charge in [0.25, 0.3) is 18.7 Å². The Balaban J connectivity index is 1.55. The van der Waals surface area contributed by atoms with Crippen molar-refractivity contribution < 1.29 is 37.2 Å². The quantitative estimate of drug-likeness (QED) is 0.0884. The fourth-order valence-electron chi connectivity index (χ4n) is 5.91. The summed E-state index contributed by atoms with van der Waals surface area (Å²) in [4.78, 5) is 16.9. The van der Waals surface area contributed by atoms with Gasteiger partial charge >= 0.3 is 13.8 Å². The molecule has 5 atom stereocenters. The number of nitrogens with one attached hydrogen (secondary N) is 1. The number of fused-ring (bicyclic) bond motifs is 1. The maximum absolute atomic E-state index is 16.4. The molecule has 3 heterocycles. The highest BCUT2D eigenvalue weighted by Crippen LogP contribution is 2.50. The highest BCUT2D eigenvalue weighted by atomic mass is 31.1. The SMILES string of the molecule is C#[N+][C@]1(F)[C@H](n2cnc3c(OCC)nc(NC(c4ccccc4)(c4ccccc4)c4ccc(OC)cc4)nc32)O[C@](F)(CO[P+](C)=O)[C@H]1O. The van der Waals surface area contributed by atoms with Crippen molar-refractivity contribution in [3.63, 3.8) is 0 Å². The van der Waals surface area contributed by atoms with Crippen molar-refractivity contribution >= 4 is 25.1 Å². The van der Waals surface area contributed by atoms with Gasteiger partial charge in [-0.05, 0) is 45.2 Å². The highest BCUT2D eigenvalue weighted by molar-refractivity contribution is 7.38. The van der Waals surface area contributed by atoms with Gasteiger partial charge in [-0.25, -0.2) is 9.37 Å². The van der Waals surface area contributed by atoms with Gasteiger partial charge in [0.1, 0.15) is 11.3 Å². The maximum atomic E-state index is 16.4. The van der Waals surface area contributed by atoms with Gasteiger partial charge < -0.3 is 24.6 Å². The molecule has 1 aliphatic rings. The number of benzene rings is 3. The molecule has 1 aliphatic heterocycles. The minimum atomic E-state index is -3.24. The van der Waals surface area contributed by atoms with Crippen LogP contribution < -0.4 is 14.8 Å². The molecule has 49 heavy (non-hydrogen) atoms. The number of aliphatic hydroxyl groups excluding tert-OH is 1. The van der Waals surface area contributed by atoms with Gasteiger partial charge in [0.05, 0.1) is 20.0 Å². The van der Waals surface area contributed by atoms with Crippen molar-refractivity contribution in [2.24, 2.45) is 0 Å². The van der Waals surface area contributed by atoms with Crippen LogP contribution in [0.5, 0.6) is 11.6 Å². The van der Waals surface area contributed by atoms with E-state index in [1.165, 1.54) is 6.66 Å². The van der Waals surface area contributed by atoms with Crippen molar-refractivity contribution in [2.45, 2.75) is 36.4 Å². The third-order valence-corrected chi connectivity index (χ3v) is 8.74. The number of aromatic nitrogens is 4. The van der Waals surface area contributed by atoms with Crippen LogP contribution in [0.15, 0.2) is 91.3 Å². The van der Waals surface area contributed by atoms with Crippen LogP contribution in [0, 0.1) is 6.57 Å². The van der Waals surface area contributed by atoms with Crippen LogP contribution in [0.25, 0.3) is 16.0 Å². The minimum Gasteiger partial charge on any atom is -0.497 e. The Morgan fingerprint density at radius 3 is 2.20 bits per heavy atom. The van der Waals surface area contributed by atoms with Crippen molar-refractivity contribution in [3.05, 3.63) is 113 Å². The Morgan fingerprint density at radius 1 is 1.04 bits per heavy atom. The average molecular weight is 691 g/mol. The lowest BCUT2D eigenvalue weighted by molar-refractivity contribution is -0.201. The number of imidazole rings is 1. The third kappa shape index (κ3) is 5.95. The summed E-state index contributed by atoms with van der Waals surface area (Å²) in [6.07, 6.45) is -3.46. The van der Waals surface area contributed by atoms with E-state index in [0.717, 1.165) is 27.6 Å². The largest absolute Gasteiger partial charge is 0.505 e. The number of halogens is 2. The Hall–Kier alpha value is -5.06. The standard InChI is InChI=1S/C34H33F2N6O6P/c1-5-46-28-26-27(42(21-38-26)30-34(36,37-2)29(43)32(35,48-30)20-47-49(4)44)39-31(40-28)41-33(22-12-8-6-9-13-22,23-14-10-7-11-15-23)24-16-18-25(45-3)19-17-24/h2,6-19,21,29-30,43H,5,20H2,1,3-4H3,(H,39,40,41)/q+2/t29-,30-,32-,34+/m1/s1. The van der Waals surface area contributed by atoms with Crippen LogP contribution >= 0.6 is 8.03 Å². The Labute approximate surface area is 281 Å². The Bertz CT molecular complexity index is 1960. The minimum absolute atomic E-state index is 0.0201. The van der Waals surface area contributed by atoms with Crippen LogP contribution in [0.1, 0.15) is 29.8 Å². The van der Waals surface area contributed by atoms with E-state index in [4.69, 9.17) is 30.3 Å². The summed E-state index contributed by atoms with van der Waals surface area (Å²) in [7, 11) is -0.733. The van der Waals surface area contributed by atoms with Crippen molar-refractivity contribution in [1.29, 1.82) is 0 Å². The molecule has 0 bridgehead atoms. The number of hydrogen-bond acceptors (Lipinski definition) is 10. The summed E-state index contributed by atoms with van der Waals surface area (Å²) >= 11 is 0. The first kappa shape index (κ1) is 33.8. The number of nitrogens with zero attached hydrogens (tertiary/aromatic N) is 5. The van der Waals surface area contributed by atoms with E-state index in [1.807, 2.05) is 84.9 Å². The molecule has 1 saturated heterocycles. The van der Waals surface area contributed by atoms with E-state index in [9.17, 15) is 9.67 Å². The molecule has 252 valence electrons. The molecule has 12 nitrogen and oxygen atoms in total. The van der Waals surface area contributed by atoms with Gasteiger partial charge in [-0.2, -0.15) is 9.97 Å². The molecule has 1 fully saturated rings. The topological polar surface area (TPSA) is 134 Å². The second-order valence-electron chi connectivity index (χ2n) is 11.2. The molecule has 2 aromatic heterocycles. The van der Waals surface area contributed by atoms with Crippen molar-refractivity contribution in [1.82, 2.24) is 19.5 Å². The molecular formula is C34H33F2N6O6P+2. The zero-order chi connectivity index (χ0) is 34.8. The molecule has 0 amide bonds. The predicted octanol–water partition coefficient (Wildman–Crippen LogP) is 6.21. The Kier molecular flexibility index (Phi) is 9.28. The second kappa shape index (κ2) is 13.4. The average Bonchev–Trinajstić information content (AvgIpc) is 3.64. The molecular weight excluding hydrogens is 657 g/mol. The maximum Gasteiger partial charge on any atom is 0.505 e. The first-order valence-corrected chi connectivity index (χ1v) is 16.8. The lowest BCUT2D eigenvalue weighted by Gasteiger charge is -2.37. The van der Waals surface area contributed by atoms with E-state index >= 15 is 8.78 Å². The molecule has 5 aromatic rings. The van der Waals surface area contributed by atoms with Crippen LogP contribution in [0.3, 0.4) is 0 Å². The molecule has 1 unspecified atom stereocenters. The summed E-state index contributed by atoms with van der Waals surface area (Å²) in [5.74, 6) is -5.72.